The zero-order valence-corrected chi connectivity index (χ0v) is 12.1. The van der Waals surface area contributed by atoms with Crippen LogP contribution in [0.4, 0.5) is 11.4 Å². The molecule has 0 spiro atoms. The molecule has 2 heterocycles. The molecule has 7 heteroatoms. The number of thiazole rings is 1. The van der Waals surface area contributed by atoms with Gasteiger partial charge in [-0.2, -0.15) is 0 Å². The van der Waals surface area contributed by atoms with Crippen molar-refractivity contribution in [2.24, 2.45) is 0 Å². The van der Waals surface area contributed by atoms with Gasteiger partial charge in [0, 0.05) is 19.2 Å². The Labute approximate surface area is 119 Å². The minimum Gasteiger partial charge on any atom is -0.386 e. The lowest BCUT2D eigenvalue weighted by atomic mass is 9.90. The third-order valence-corrected chi connectivity index (χ3v) is 4.69. The van der Waals surface area contributed by atoms with Gasteiger partial charge in [-0.1, -0.05) is 6.92 Å². The number of hydrogen-bond donors (Lipinski definition) is 1. The van der Waals surface area contributed by atoms with Crippen molar-refractivity contribution in [3.05, 3.63) is 27.3 Å². The molecule has 0 saturated carbocycles. The zero-order valence-electron chi connectivity index (χ0n) is 11.3. The van der Waals surface area contributed by atoms with E-state index in [4.69, 9.17) is 0 Å². The highest BCUT2D eigenvalue weighted by Gasteiger charge is 2.41. The molecule has 20 heavy (non-hydrogen) atoms. The molecule has 1 aliphatic rings. The summed E-state index contributed by atoms with van der Waals surface area (Å²) in [5.41, 5.74) is 0.686. The van der Waals surface area contributed by atoms with Crippen molar-refractivity contribution >= 4 is 32.9 Å². The number of β-amino-alcohol motifs (C(OH)–C–C–N with tert-alkyl or cyclic N) is 1. The summed E-state index contributed by atoms with van der Waals surface area (Å²) >= 11 is 1.45. The number of aliphatic hydroxyl groups is 1. The van der Waals surface area contributed by atoms with Gasteiger partial charge in [0.25, 0.3) is 5.69 Å². The van der Waals surface area contributed by atoms with Crippen molar-refractivity contribution in [3.8, 4) is 0 Å². The van der Waals surface area contributed by atoms with Gasteiger partial charge in [-0.15, -0.1) is 11.3 Å². The fraction of sp³-hybridized carbons (Fsp3) is 0.462. The van der Waals surface area contributed by atoms with Crippen LogP contribution in [0.1, 0.15) is 18.4 Å². The van der Waals surface area contributed by atoms with Crippen LogP contribution in [0.3, 0.4) is 0 Å². The molecule has 1 fully saturated rings. The van der Waals surface area contributed by atoms with Gasteiger partial charge in [0.05, 0.1) is 25.7 Å². The minimum absolute atomic E-state index is 0.0827. The van der Waals surface area contributed by atoms with Crippen LogP contribution in [0, 0.1) is 17.0 Å². The summed E-state index contributed by atoms with van der Waals surface area (Å²) in [6.45, 7) is 4.66. The first-order valence-electron chi connectivity index (χ1n) is 6.45. The van der Waals surface area contributed by atoms with Crippen LogP contribution in [0.5, 0.6) is 0 Å². The maximum Gasteiger partial charge on any atom is 0.294 e. The van der Waals surface area contributed by atoms with Gasteiger partial charge < -0.3 is 10.0 Å². The lowest BCUT2D eigenvalue weighted by Crippen LogP contribution is -2.61. The maximum absolute atomic E-state index is 11.2. The quantitative estimate of drug-likeness (QED) is 0.694. The van der Waals surface area contributed by atoms with E-state index in [0.29, 0.717) is 25.2 Å². The molecular weight excluding hydrogens is 278 g/mol. The largest absolute Gasteiger partial charge is 0.386 e. The summed E-state index contributed by atoms with van der Waals surface area (Å²) in [7, 11) is 0. The Morgan fingerprint density at radius 3 is 2.85 bits per heavy atom. The zero-order chi connectivity index (χ0) is 14.5. The van der Waals surface area contributed by atoms with Crippen molar-refractivity contribution in [2.75, 3.05) is 18.0 Å². The molecule has 0 aliphatic carbocycles. The number of nitro groups is 1. The lowest BCUT2D eigenvalue weighted by molar-refractivity contribution is -0.384. The Hall–Kier alpha value is -1.73. The van der Waals surface area contributed by atoms with Crippen LogP contribution >= 0.6 is 11.3 Å². The Balaban J connectivity index is 2.05. The van der Waals surface area contributed by atoms with Crippen molar-refractivity contribution in [1.82, 2.24) is 4.98 Å². The summed E-state index contributed by atoms with van der Waals surface area (Å²) in [6.07, 6.45) is 0.648. The first-order valence-corrected chi connectivity index (χ1v) is 7.26. The highest BCUT2D eigenvalue weighted by atomic mass is 32.1. The van der Waals surface area contributed by atoms with Gasteiger partial charge >= 0.3 is 0 Å². The lowest BCUT2D eigenvalue weighted by Gasteiger charge is -2.47. The van der Waals surface area contributed by atoms with Crippen LogP contribution in [-0.2, 0) is 0 Å². The highest BCUT2D eigenvalue weighted by Crippen LogP contribution is 2.39. The number of rotatable bonds is 3. The second kappa shape index (κ2) is 4.39. The fourth-order valence-electron chi connectivity index (χ4n) is 2.53. The number of nitrogens with zero attached hydrogens (tertiary/aromatic N) is 3. The van der Waals surface area contributed by atoms with Crippen LogP contribution in [0.15, 0.2) is 12.1 Å². The van der Waals surface area contributed by atoms with E-state index in [2.05, 4.69) is 4.98 Å². The molecule has 0 bridgehead atoms. The average Bonchev–Trinajstić information content (AvgIpc) is 2.72. The van der Waals surface area contributed by atoms with Crippen LogP contribution in [0.25, 0.3) is 10.2 Å². The molecule has 3 rings (SSSR count). The molecule has 0 atom stereocenters. The molecule has 6 nitrogen and oxygen atoms in total. The number of hydrogen-bond acceptors (Lipinski definition) is 6. The first-order chi connectivity index (χ1) is 9.42. The van der Waals surface area contributed by atoms with E-state index in [0.717, 1.165) is 15.2 Å². The first kappa shape index (κ1) is 13.3. The number of nitro benzene ring substituents is 1. The number of benzene rings is 1. The second-order valence-corrected chi connectivity index (χ2v) is 6.47. The van der Waals surface area contributed by atoms with Crippen LogP contribution < -0.4 is 4.90 Å². The van der Waals surface area contributed by atoms with Crippen molar-refractivity contribution < 1.29 is 10.0 Å². The van der Waals surface area contributed by atoms with E-state index in [1.54, 1.807) is 12.1 Å². The van der Waals surface area contributed by atoms with Crippen LogP contribution in [-0.4, -0.2) is 33.7 Å². The SMILES string of the molecule is CCC1(O)CN(c2cc3nc(C)sc3cc2[N+](=O)[O-])C1. The minimum atomic E-state index is -0.721. The predicted octanol–water partition coefficient (Wildman–Crippen LogP) is 2.47. The smallest absolute Gasteiger partial charge is 0.294 e. The molecule has 1 aromatic carbocycles. The maximum atomic E-state index is 11.2. The molecule has 1 saturated heterocycles. The summed E-state index contributed by atoms with van der Waals surface area (Å²) in [4.78, 5) is 17.1. The number of aromatic nitrogens is 1. The Morgan fingerprint density at radius 1 is 1.55 bits per heavy atom. The highest BCUT2D eigenvalue weighted by molar-refractivity contribution is 7.18. The molecule has 2 aromatic rings. The monoisotopic (exact) mass is 293 g/mol. The molecule has 1 aliphatic heterocycles. The number of anilines is 1. The van der Waals surface area contributed by atoms with E-state index < -0.39 is 5.60 Å². The van der Waals surface area contributed by atoms with Crippen molar-refractivity contribution in [2.45, 2.75) is 25.9 Å². The van der Waals surface area contributed by atoms with Gasteiger partial charge in [-0.05, 0) is 19.4 Å². The Morgan fingerprint density at radius 2 is 2.25 bits per heavy atom. The van der Waals surface area contributed by atoms with Gasteiger partial charge in [-0.25, -0.2) is 4.98 Å². The summed E-state index contributed by atoms with van der Waals surface area (Å²) < 4.78 is 0.823. The van der Waals surface area contributed by atoms with Gasteiger partial charge in [-0.3, -0.25) is 10.1 Å². The molecule has 1 aromatic heterocycles. The summed E-state index contributed by atoms with van der Waals surface area (Å²) in [6, 6.07) is 3.34. The van der Waals surface area contributed by atoms with Crippen molar-refractivity contribution in [1.29, 1.82) is 0 Å². The van der Waals surface area contributed by atoms with E-state index in [-0.39, 0.29) is 10.6 Å². The number of fused-ring (bicyclic) bond motifs is 1. The Kier molecular flexibility index (Phi) is 2.91. The molecule has 1 N–H and O–H groups in total. The molecule has 106 valence electrons. The van der Waals surface area contributed by atoms with E-state index in [9.17, 15) is 15.2 Å². The third kappa shape index (κ3) is 2.03. The standard InChI is InChI=1S/C13H15N3O3S/c1-3-13(17)6-15(7-13)10-4-9-12(20-8(2)14-9)5-11(10)16(18)19/h4-5,17H,3,6-7H2,1-2H3. The second-order valence-electron chi connectivity index (χ2n) is 5.23. The van der Waals surface area contributed by atoms with E-state index in [1.807, 2.05) is 18.7 Å². The summed E-state index contributed by atoms with van der Waals surface area (Å²) in [5.74, 6) is 0. The topological polar surface area (TPSA) is 79.5 Å². The van der Waals surface area contributed by atoms with Gasteiger partial charge in [0.15, 0.2) is 0 Å². The molecule has 0 unspecified atom stereocenters. The Bertz CT molecular complexity index is 691. The third-order valence-electron chi connectivity index (χ3n) is 3.76. The molecular formula is C13H15N3O3S. The average molecular weight is 293 g/mol. The van der Waals surface area contributed by atoms with E-state index >= 15 is 0 Å². The van der Waals surface area contributed by atoms with Crippen molar-refractivity contribution in [3.63, 3.8) is 0 Å². The van der Waals surface area contributed by atoms with Gasteiger partial charge in [0.2, 0.25) is 0 Å². The van der Waals surface area contributed by atoms with Crippen LogP contribution in [0.2, 0.25) is 0 Å². The number of aryl methyl sites for hydroxylation is 1. The molecule has 0 amide bonds. The molecule has 0 radical (unpaired) electrons. The fourth-order valence-corrected chi connectivity index (χ4v) is 3.37. The summed E-state index contributed by atoms with van der Waals surface area (Å²) in [5, 5.41) is 22.2. The van der Waals surface area contributed by atoms with Gasteiger partial charge in [0.1, 0.15) is 5.69 Å². The van der Waals surface area contributed by atoms with E-state index in [1.165, 1.54) is 11.3 Å². The predicted molar refractivity (Wildman–Crippen MR) is 78.5 cm³/mol. The normalized spacial score (nSPS) is 17.2.